The molecule has 3 heterocycles. The van der Waals surface area contributed by atoms with Crippen LogP contribution in [0, 0.1) is 0 Å². The smallest absolute Gasteiger partial charge is 0.240 e. The summed E-state index contributed by atoms with van der Waals surface area (Å²) >= 11 is 12.0. The van der Waals surface area contributed by atoms with Crippen LogP contribution in [-0.4, -0.2) is 59.3 Å². The van der Waals surface area contributed by atoms with Crippen molar-refractivity contribution in [3.8, 4) is 0 Å². The van der Waals surface area contributed by atoms with E-state index in [9.17, 15) is 0 Å². The highest BCUT2D eigenvalue weighted by Gasteiger charge is 2.44. The van der Waals surface area contributed by atoms with Crippen LogP contribution in [-0.2, 0) is 12.0 Å². The van der Waals surface area contributed by atoms with Crippen LogP contribution in [0.25, 0.3) is 0 Å². The Morgan fingerprint density at radius 1 is 0.970 bits per heavy atom. The van der Waals surface area contributed by atoms with Gasteiger partial charge in [-0.05, 0) is 42.7 Å². The first-order chi connectivity index (χ1) is 16.1. The van der Waals surface area contributed by atoms with Gasteiger partial charge in [0.15, 0.2) is 5.82 Å². The minimum Gasteiger partial charge on any atom is -0.354 e. The predicted molar refractivity (Wildman–Crippen MR) is 130 cm³/mol. The van der Waals surface area contributed by atoms with E-state index in [-0.39, 0.29) is 5.41 Å². The molecule has 0 bridgehead atoms. The van der Waals surface area contributed by atoms with E-state index < -0.39 is 0 Å². The molecular formula is C24H28Cl2N6O. The number of aromatic nitrogens is 3. The van der Waals surface area contributed by atoms with Crippen LogP contribution < -0.4 is 10.2 Å². The van der Waals surface area contributed by atoms with Crippen molar-refractivity contribution in [3.63, 3.8) is 0 Å². The molecule has 2 fully saturated rings. The van der Waals surface area contributed by atoms with Gasteiger partial charge in [0.05, 0.1) is 17.0 Å². The SMILES string of the molecule is Clc1ccc(C2(c3noc(CNCCN4CCN(c5ccc(Cl)cn5)CC4)n3)CCC2)cc1. The second-order valence-electron chi connectivity index (χ2n) is 8.79. The van der Waals surface area contributed by atoms with Crippen LogP contribution in [0.5, 0.6) is 0 Å². The summed E-state index contributed by atoms with van der Waals surface area (Å²) < 4.78 is 5.57. The number of rotatable bonds is 8. The Labute approximate surface area is 204 Å². The molecule has 1 aliphatic carbocycles. The van der Waals surface area contributed by atoms with Gasteiger partial charge >= 0.3 is 0 Å². The Kier molecular flexibility index (Phi) is 6.83. The van der Waals surface area contributed by atoms with Gasteiger partial charge in [0, 0.05) is 50.5 Å². The molecular weight excluding hydrogens is 459 g/mol. The van der Waals surface area contributed by atoms with Gasteiger partial charge in [-0.1, -0.05) is 46.9 Å². The Morgan fingerprint density at radius 2 is 1.73 bits per heavy atom. The van der Waals surface area contributed by atoms with Crippen molar-refractivity contribution in [2.24, 2.45) is 0 Å². The molecule has 5 rings (SSSR count). The van der Waals surface area contributed by atoms with E-state index in [1.54, 1.807) is 6.20 Å². The molecule has 9 heteroatoms. The van der Waals surface area contributed by atoms with Gasteiger partial charge in [0.1, 0.15) is 5.82 Å². The molecule has 2 aromatic heterocycles. The maximum atomic E-state index is 6.07. The van der Waals surface area contributed by atoms with Gasteiger partial charge < -0.3 is 14.7 Å². The van der Waals surface area contributed by atoms with Crippen LogP contribution in [0.15, 0.2) is 47.1 Å². The van der Waals surface area contributed by atoms with E-state index in [1.165, 1.54) is 12.0 Å². The summed E-state index contributed by atoms with van der Waals surface area (Å²) in [4.78, 5) is 13.9. The summed E-state index contributed by atoms with van der Waals surface area (Å²) in [6, 6.07) is 11.9. The number of nitrogens with one attached hydrogen (secondary N) is 1. The van der Waals surface area contributed by atoms with Crippen molar-refractivity contribution in [1.82, 2.24) is 25.3 Å². The van der Waals surface area contributed by atoms with Crippen molar-refractivity contribution in [2.45, 2.75) is 31.2 Å². The lowest BCUT2D eigenvalue weighted by atomic mass is 9.64. The highest BCUT2D eigenvalue weighted by atomic mass is 35.5. The molecule has 33 heavy (non-hydrogen) atoms. The standard InChI is InChI=1S/C24H28Cl2N6O/c25-19-4-2-18(3-5-19)24(8-1-9-24)23-29-22(33-30-23)17-27-10-11-31-12-14-32(15-13-31)21-7-6-20(26)16-28-21/h2-7,16,27H,1,8-15,17H2. The van der Waals surface area contributed by atoms with Crippen molar-refractivity contribution >= 4 is 29.0 Å². The molecule has 7 nitrogen and oxygen atoms in total. The Hall–Kier alpha value is -2.19. The van der Waals surface area contributed by atoms with Crippen LogP contribution in [0.3, 0.4) is 0 Å². The van der Waals surface area contributed by atoms with Crippen molar-refractivity contribution < 1.29 is 4.52 Å². The van der Waals surface area contributed by atoms with Gasteiger partial charge in [-0.2, -0.15) is 4.98 Å². The summed E-state index contributed by atoms with van der Waals surface area (Å²) in [6.07, 6.45) is 4.96. The zero-order valence-electron chi connectivity index (χ0n) is 18.5. The molecule has 1 aromatic carbocycles. The Balaban J connectivity index is 1.08. The number of hydrogen-bond donors (Lipinski definition) is 1. The second kappa shape index (κ2) is 9.97. The second-order valence-corrected chi connectivity index (χ2v) is 9.67. The molecule has 174 valence electrons. The molecule has 0 amide bonds. The Bertz CT molecular complexity index is 1040. The highest BCUT2D eigenvalue weighted by Crippen LogP contribution is 2.47. The summed E-state index contributed by atoms with van der Waals surface area (Å²) in [7, 11) is 0. The molecule has 2 aliphatic rings. The molecule has 0 atom stereocenters. The fourth-order valence-corrected chi connectivity index (χ4v) is 4.89. The van der Waals surface area contributed by atoms with E-state index in [4.69, 9.17) is 32.7 Å². The quantitative estimate of drug-likeness (QED) is 0.479. The minimum atomic E-state index is -0.134. The molecule has 0 radical (unpaired) electrons. The average Bonchev–Trinajstić information content (AvgIpc) is 3.27. The summed E-state index contributed by atoms with van der Waals surface area (Å²) in [6.45, 7) is 6.40. The average molecular weight is 487 g/mol. The zero-order chi connectivity index (χ0) is 22.7. The molecule has 0 spiro atoms. The van der Waals surface area contributed by atoms with Gasteiger partial charge in [-0.25, -0.2) is 4.98 Å². The van der Waals surface area contributed by atoms with Crippen LogP contribution in [0.2, 0.25) is 10.0 Å². The lowest BCUT2D eigenvalue weighted by Crippen LogP contribution is -2.48. The van der Waals surface area contributed by atoms with E-state index in [0.29, 0.717) is 17.5 Å². The largest absolute Gasteiger partial charge is 0.354 e. The molecule has 0 unspecified atom stereocenters. The number of halogens is 2. The van der Waals surface area contributed by atoms with E-state index in [1.807, 2.05) is 24.3 Å². The Morgan fingerprint density at radius 3 is 2.39 bits per heavy atom. The number of benzene rings is 1. The van der Waals surface area contributed by atoms with E-state index in [2.05, 4.69) is 37.4 Å². The summed E-state index contributed by atoms with van der Waals surface area (Å²) in [5.41, 5.74) is 1.08. The van der Waals surface area contributed by atoms with Crippen LogP contribution in [0.4, 0.5) is 5.82 Å². The van der Waals surface area contributed by atoms with Gasteiger partial charge in [0.25, 0.3) is 0 Å². The first kappa shape index (κ1) is 22.6. The fourth-order valence-electron chi connectivity index (χ4n) is 4.65. The third-order valence-corrected chi connectivity index (χ3v) is 7.26. The number of pyridine rings is 1. The van der Waals surface area contributed by atoms with E-state index >= 15 is 0 Å². The molecule has 3 aromatic rings. The normalized spacial score (nSPS) is 18.3. The minimum absolute atomic E-state index is 0.134. The first-order valence-corrected chi connectivity index (χ1v) is 12.3. The monoisotopic (exact) mass is 486 g/mol. The zero-order valence-corrected chi connectivity index (χ0v) is 20.0. The van der Waals surface area contributed by atoms with Gasteiger partial charge in [-0.15, -0.1) is 0 Å². The molecule has 1 saturated heterocycles. The fraction of sp³-hybridized carbons (Fsp3) is 0.458. The van der Waals surface area contributed by atoms with Crippen molar-refractivity contribution in [2.75, 3.05) is 44.2 Å². The third kappa shape index (κ3) is 5.01. The van der Waals surface area contributed by atoms with Gasteiger partial charge in [0.2, 0.25) is 5.89 Å². The number of nitrogens with zero attached hydrogens (tertiary/aromatic N) is 5. The summed E-state index contributed by atoms with van der Waals surface area (Å²) in [5, 5.41) is 9.20. The van der Waals surface area contributed by atoms with E-state index in [0.717, 1.165) is 68.8 Å². The van der Waals surface area contributed by atoms with Crippen LogP contribution in [0.1, 0.15) is 36.5 Å². The van der Waals surface area contributed by atoms with Gasteiger partial charge in [-0.3, -0.25) is 4.90 Å². The van der Waals surface area contributed by atoms with Crippen molar-refractivity contribution in [3.05, 3.63) is 69.9 Å². The maximum Gasteiger partial charge on any atom is 0.240 e. The summed E-state index contributed by atoms with van der Waals surface area (Å²) in [5.74, 6) is 2.43. The molecule has 1 saturated carbocycles. The molecule has 1 N–H and O–H groups in total. The van der Waals surface area contributed by atoms with Crippen molar-refractivity contribution in [1.29, 1.82) is 0 Å². The molecule has 1 aliphatic heterocycles. The number of piperazine rings is 1. The van der Waals surface area contributed by atoms with Crippen LogP contribution >= 0.6 is 23.2 Å². The number of anilines is 1. The predicted octanol–water partition coefficient (Wildman–Crippen LogP) is 4.15. The highest BCUT2D eigenvalue weighted by molar-refractivity contribution is 6.30. The maximum absolute atomic E-state index is 6.07. The lowest BCUT2D eigenvalue weighted by molar-refractivity contribution is 0.254. The lowest BCUT2D eigenvalue weighted by Gasteiger charge is -2.39. The topological polar surface area (TPSA) is 70.3 Å². The number of hydrogen-bond acceptors (Lipinski definition) is 7. The third-order valence-electron chi connectivity index (χ3n) is 6.79. The first-order valence-electron chi connectivity index (χ1n) is 11.5.